The predicted octanol–water partition coefficient (Wildman–Crippen LogP) is 1.77. The Balaban J connectivity index is 2.35. The highest BCUT2D eigenvalue weighted by Gasteiger charge is 2.50. The Morgan fingerprint density at radius 1 is 1.32 bits per heavy atom. The van der Waals surface area contributed by atoms with E-state index in [4.69, 9.17) is 9.47 Å². The first-order valence-electron chi connectivity index (χ1n) is 6.86. The minimum atomic E-state index is -1.77. The lowest BCUT2D eigenvalue weighted by Gasteiger charge is -2.37. The number of aliphatic hydroxyl groups excluding tert-OH is 1. The number of benzene rings is 1. The molecule has 1 aromatic rings. The van der Waals surface area contributed by atoms with E-state index in [2.05, 4.69) is 37.4 Å². The largest absolute Gasteiger partial charge is 0.391 e. The summed E-state index contributed by atoms with van der Waals surface area (Å²) in [5, 5.41) is 11.4. The fraction of sp³-hybridized carbons (Fsp3) is 0.600. The highest BCUT2D eigenvalue weighted by molar-refractivity contribution is 6.91. The molecule has 1 aliphatic rings. The summed E-state index contributed by atoms with van der Waals surface area (Å²) in [5.41, 5.74) is 0.278. The van der Waals surface area contributed by atoms with E-state index >= 15 is 0 Å². The molecule has 1 aliphatic heterocycles. The molecule has 0 radical (unpaired) electrons. The van der Waals surface area contributed by atoms with Gasteiger partial charge in [-0.15, -0.1) is 0 Å². The number of hydrogen-bond donors (Lipinski definition) is 1. The van der Waals surface area contributed by atoms with Crippen molar-refractivity contribution in [1.29, 1.82) is 0 Å². The monoisotopic (exact) mass is 280 g/mol. The lowest BCUT2D eigenvalue weighted by Crippen LogP contribution is -2.53. The fourth-order valence-electron chi connectivity index (χ4n) is 3.21. The summed E-state index contributed by atoms with van der Waals surface area (Å²) in [6, 6.07) is 10.6. The molecule has 4 heteroatoms. The van der Waals surface area contributed by atoms with Gasteiger partial charge in [0, 0.05) is 12.7 Å². The van der Waals surface area contributed by atoms with E-state index in [1.165, 1.54) is 5.19 Å². The van der Waals surface area contributed by atoms with Crippen LogP contribution in [0.15, 0.2) is 30.3 Å². The predicted molar refractivity (Wildman–Crippen MR) is 79.5 cm³/mol. The molecule has 1 heterocycles. The zero-order chi connectivity index (χ0) is 14.0. The first-order chi connectivity index (χ1) is 8.98. The quantitative estimate of drug-likeness (QED) is 0.854. The minimum Gasteiger partial charge on any atom is -0.391 e. The number of rotatable bonds is 4. The van der Waals surface area contributed by atoms with Gasteiger partial charge in [0.2, 0.25) is 0 Å². The van der Waals surface area contributed by atoms with Crippen molar-refractivity contribution in [2.24, 2.45) is 0 Å². The maximum atomic E-state index is 9.99. The van der Waals surface area contributed by atoms with Crippen LogP contribution in [0.1, 0.15) is 6.92 Å². The second-order valence-corrected chi connectivity index (χ2v) is 10.6. The standard InChI is InChI=1S/C15H24O3Si/c1-11(16)14-15(13(17-2)10-18-14)19(3,4)12-8-6-5-7-9-12/h5-9,11,13-16H,10H2,1-4H3/t11-,13+,14+,15-/m0/s1. The highest BCUT2D eigenvalue weighted by atomic mass is 28.3. The molecular weight excluding hydrogens is 256 g/mol. The number of methoxy groups -OCH3 is 1. The molecule has 0 aromatic heterocycles. The van der Waals surface area contributed by atoms with Gasteiger partial charge in [-0.05, 0) is 6.92 Å². The van der Waals surface area contributed by atoms with Crippen molar-refractivity contribution < 1.29 is 14.6 Å². The molecule has 0 unspecified atom stereocenters. The Bertz CT molecular complexity index is 405. The molecule has 0 bridgehead atoms. The van der Waals surface area contributed by atoms with E-state index in [9.17, 15) is 5.11 Å². The summed E-state index contributed by atoms with van der Waals surface area (Å²) in [4.78, 5) is 0. The Morgan fingerprint density at radius 3 is 2.47 bits per heavy atom. The summed E-state index contributed by atoms with van der Waals surface area (Å²) in [7, 11) is -0.0292. The first kappa shape index (κ1) is 14.7. The third kappa shape index (κ3) is 2.77. The van der Waals surface area contributed by atoms with Crippen molar-refractivity contribution in [3.8, 4) is 0 Å². The molecule has 1 fully saturated rings. The molecule has 0 aliphatic carbocycles. The van der Waals surface area contributed by atoms with Crippen LogP contribution in [-0.4, -0.2) is 45.2 Å². The van der Waals surface area contributed by atoms with E-state index in [0.29, 0.717) is 6.61 Å². The van der Waals surface area contributed by atoms with Gasteiger partial charge in [0.15, 0.2) is 0 Å². The number of aliphatic hydroxyl groups is 1. The Morgan fingerprint density at radius 2 is 1.95 bits per heavy atom. The molecule has 1 N–H and O–H groups in total. The van der Waals surface area contributed by atoms with Crippen LogP contribution in [0.25, 0.3) is 0 Å². The van der Waals surface area contributed by atoms with Gasteiger partial charge in [-0.1, -0.05) is 48.6 Å². The van der Waals surface area contributed by atoms with Crippen LogP contribution < -0.4 is 5.19 Å². The summed E-state index contributed by atoms with van der Waals surface area (Å²) in [5.74, 6) is 0. The van der Waals surface area contributed by atoms with Gasteiger partial charge in [0.1, 0.15) is 0 Å². The topological polar surface area (TPSA) is 38.7 Å². The molecule has 19 heavy (non-hydrogen) atoms. The lowest BCUT2D eigenvalue weighted by molar-refractivity contribution is 0.00435. The van der Waals surface area contributed by atoms with Gasteiger partial charge in [0.25, 0.3) is 0 Å². The van der Waals surface area contributed by atoms with Crippen molar-refractivity contribution in [1.82, 2.24) is 0 Å². The zero-order valence-corrected chi connectivity index (χ0v) is 13.2. The van der Waals surface area contributed by atoms with E-state index < -0.39 is 14.2 Å². The smallest absolute Gasteiger partial charge is 0.0895 e. The normalized spacial score (nSPS) is 29.4. The molecule has 4 atom stereocenters. The van der Waals surface area contributed by atoms with E-state index in [1.807, 2.05) is 13.0 Å². The zero-order valence-electron chi connectivity index (χ0n) is 12.2. The van der Waals surface area contributed by atoms with Crippen LogP contribution in [0.2, 0.25) is 18.6 Å². The second-order valence-electron chi connectivity index (χ2n) is 5.93. The fourth-order valence-corrected chi connectivity index (χ4v) is 7.01. The number of hydrogen-bond acceptors (Lipinski definition) is 3. The number of ether oxygens (including phenoxy) is 2. The Hall–Kier alpha value is -0.683. The van der Waals surface area contributed by atoms with Gasteiger partial charge < -0.3 is 14.6 Å². The maximum absolute atomic E-state index is 9.99. The molecular formula is C15H24O3Si. The maximum Gasteiger partial charge on any atom is 0.0895 e. The van der Waals surface area contributed by atoms with Crippen LogP contribution in [-0.2, 0) is 9.47 Å². The molecule has 2 rings (SSSR count). The van der Waals surface area contributed by atoms with Crippen molar-refractivity contribution in [2.45, 2.75) is 43.9 Å². The third-order valence-electron chi connectivity index (χ3n) is 4.34. The first-order valence-corrected chi connectivity index (χ1v) is 9.94. The average Bonchev–Trinajstić information content (AvgIpc) is 2.84. The summed E-state index contributed by atoms with van der Waals surface area (Å²) < 4.78 is 11.4. The van der Waals surface area contributed by atoms with Crippen molar-refractivity contribution in [2.75, 3.05) is 13.7 Å². The highest BCUT2D eigenvalue weighted by Crippen LogP contribution is 2.39. The molecule has 106 valence electrons. The SMILES string of the molecule is CO[C@@H]1CO[C@H]([C@H](C)O)[C@H]1[Si](C)(C)c1ccccc1. The van der Waals surface area contributed by atoms with Gasteiger partial charge in [-0.3, -0.25) is 0 Å². The molecule has 0 spiro atoms. The Labute approximate surface area is 116 Å². The van der Waals surface area contributed by atoms with Crippen molar-refractivity contribution in [3.63, 3.8) is 0 Å². The van der Waals surface area contributed by atoms with E-state index in [-0.39, 0.29) is 17.7 Å². The minimum absolute atomic E-state index is 0.0847. The molecule has 3 nitrogen and oxygen atoms in total. The van der Waals surface area contributed by atoms with Crippen LogP contribution >= 0.6 is 0 Å². The van der Waals surface area contributed by atoms with Crippen LogP contribution in [0.3, 0.4) is 0 Å². The van der Waals surface area contributed by atoms with Gasteiger partial charge >= 0.3 is 0 Å². The van der Waals surface area contributed by atoms with Gasteiger partial charge in [0.05, 0.1) is 33.0 Å². The van der Waals surface area contributed by atoms with Crippen LogP contribution in [0.4, 0.5) is 0 Å². The molecule has 0 saturated carbocycles. The van der Waals surface area contributed by atoms with Gasteiger partial charge in [-0.2, -0.15) is 0 Å². The third-order valence-corrected chi connectivity index (χ3v) is 8.53. The van der Waals surface area contributed by atoms with E-state index in [1.54, 1.807) is 7.11 Å². The average molecular weight is 280 g/mol. The van der Waals surface area contributed by atoms with Crippen LogP contribution in [0, 0.1) is 0 Å². The molecule has 1 saturated heterocycles. The second kappa shape index (κ2) is 5.75. The molecule has 0 amide bonds. The summed E-state index contributed by atoms with van der Waals surface area (Å²) in [6.45, 7) is 7.07. The van der Waals surface area contributed by atoms with Crippen molar-refractivity contribution in [3.05, 3.63) is 30.3 Å². The Kier molecular flexibility index (Phi) is 4.45. The summed E-state index contributed by atoms with van der Waals surface area (Å²) in [6.07, 6.45) is -0.492. The van der Waals surface area contributed by atoms with E-state index in [0.717, 1.165) is 0 Å². The molecule has 1 aromatic carbocycles. The van der Waals surface area contributed by atoms with Gasteiger partial charge in [-0.25, -0.2) is 0 Å². The lowest BCUT2D eigenvalue weighted by atomic mass is 10.1. The van der Waals surface area contributed by atoms with Crippen LogP contribution in [0.5, 0.6) is 0 Å². The summed E-state index contributed by atoms with van der Waals surface area (Å²) >= 11 is 0. The van der Waals surface area contributed by atoms with Crippen molar-refractivity contribution >= 4 is 13.3 Å².